The Morgan fingerprint density at radius 2 is 1.81 bits per heavy atom. The third-order valence-corrected chi connectivity index (χ3v) is 4.82. The van der Waals surface area contributed by atoms with Crippen molar-refractivity contribution in [3.63, 3.8) is 0 Å². The molecule has 2 atom stereocenters. The van der Waals surface area contributed by atoms with Crippen LogP contribution in [0, 0.1) is 5.82 Å². The molecule has 2 rings (SSSR count). The molecule has 1 aliphatic rings. The fourth-order valence-corrected chi connectivity index (χ4v) is 3.81. The molecule has 1 heterocycles. The molecular weight excluding hydrogens is 299 g/mol. The van der Waals surface area contributed by atoms with Gasteiger partial charge in [0.2, 0.25) is 5.78 Å². The van der Waals surface area contributed by atoms with Crippen LogP contribution in [0.15, 0.2) is 24.3 Å². The first-order valence-electron chi connectivity index (χ1n) is 6.35. The van der Waals surface area contributed by atoms with Crippen LogP contribution in [-0.4, -0.2) is 49.6 Å². The fourth-order valence-electron chi connectivity index (χ4n) is 2.55. The second-order valence-corrected chi connectivity index (χ2v) is 7.13. The summed E-state index contributed by atoms with van der Waals surface area (Å²) in [7, 11) is -3.77. The summed E-state index contributed by atoms with van der Waals surface area (Å²) in [6.45, 7) is 0.506. The lowest BCUT2D eigenvalue weighted by Crippen LogP contribution is -2.55. The second kappa shape index (κ2) is 5.53. The summed E-state index contributed by atoms with van der Waals surface area (Å²) < 4.78 is 36.8. The van der Waals surface area contributed by atoms with E-state index in [9.17, 15) is 22.4 Å². The van der Waals surface area contributed by atoms with Gasteiger partial charge in [-0.3, -0.25) is 9.59 Å². The van der Waals surface area contributed by atoms with Gasteiger partial charge in [0, 0.05) is 6.26 Å². The van der Waals surface area contributed by atoms with Gasteiger partial charge < -0.3 is 10.6 Å². The molecule has 6 nitrogen and oxygen atoms in total. The molecule has 0 aliphatic carbocycles. The van der Waals surface area contributed by atoms with Crippen LogP contribution in [0.25, 0.3) is 0 Å². The quantitative estimate of drug-likeness (QED) is 0.715. The van der Waals surface area contributed by atoms with Crippen molar-refractivity contribution in [1.82, 2.24) is 4.90 Å². The number of carbonyl (C=O) groups excluding carboxylic acids is 2. The highest BCUT2D eigenvalue weighted by Gasteiger charge is 2.52. The number of halogens is 1. The van der Waals surface area contributed by atoms with E-state index >= 15 is 0 Å². The van der Waals surface area contributed by atoms with E-state index in [0.717, 1.165) is 6.26 Å². The van der Waals surface area contributed by atoms with Crippen molar-refractivity contribution in [3.05, 3.63) is 35.6 Å². The number of amides is 1. The van der Waals surface area contributed by atoms with Gasteiger partial charge in [-0.05, 0) is 17.7 Å². The van der Waals surface area contributed by atoms with Crippen LogP contribution in [-0.2, 0) is 19.4 Å². The molecule has 1 aliphatic heterocycles. The summed E-state index contributed by atoms with van der Waals surface area (Å²) in [6, 6.07) is 4.19. The van der Waals surface area contributed by atoms with Crippen LogP contribution < -0.4 is 5.73 Å². The highest BCUT2D eigenvalue weighted by Crippen LogP contribution is 2.35. The molecule has 21 heavy (non-hydrogen) atoms. The van der Waals surface area contributed by atoms with Crippen molar-refractivity contribution in [2.24, 2.45) is 0 Å². The third-order valence-electron chi connectivity index (χ3n) is 3.42. The minimum atomic E-state index is -3.77. The van der Waals surface area contributed by atoms with Gasteiger partial charge in [-0.2, -0.15) is 0 Å². The van der Waals surface area contributed by atoms with Crippen molar-refractivity contribution in [3.8, 4) is 0 Å². The molecule has 0 unspecified atom stereocenters. The number of carbonyl (C=O) groups is 2. The van der Waals surface area contributed by atoms with Crippen LogP contribution >= 0.6 is 0 Å². The van der Waals surface area contributed by atoms with Crippen LogP contribution in [0.3, 0.4) is 0 Å². The molecule has 0 spiro atoms. The molecule has 0 saturated carbocycles. The topological polar surface area (TPSA) is 99.2 Å². The summed E-state index contributed by atoms with van der Waals surface area (Å²) in [5, 5.41) is -1.46. The average molecular weight is 315 g/mol. The standard InChI is InChI=1S/C13H15FN2O4S/c1-21(19,20)12-10(8-2-4-9(14)5-3-8)16(7-6-15)13(18)11(12)17/h2-5,10,12H,6-7,15H2,1H3/p+1/t10-,12-/m0/s1. The Bertz CT molecular complexity index is 672. The molecule has 114 valence electrons. The Kier molecular flexibility index (Phi) is 4.11. The van der Waals surface area contributed by atoms with Gasteiger partial charge in [-0.25, -0.2) is 12.8 Å². The number of likely N-dealkylation sites (tertiary alicyclic amines) is 1. The molecule has 1 aromatic rings. The Morgan fingerprint density at radius 3 is 2.29 bits per heavy atom. The van der Waals surface area contributed by atoms with E-state index in [-0.39, 0.29) is 6.54 Å². The van der Waals surface area contributed by atoms with E-state index in [0.29, 0.717) is 12.1 Å². The first-order chi connectivity index (χ1) is 9.77. The van der Waals surface area contributed by atoms with Gasteiger partial charge in [0.05, 0.1) is 19.1 Å². The van der Waals surface area contributed by atoms with Gasteiger partial charge >= 0.3 is 0 Å². The summed E-state index contributed by atoms with van der Waals surface area (Å²) >= 11 is 0. The Morgan fingerprint density at radius 1 is 1.24 bits per heavy atom. The Balaban J connectivity index is 2.56. The fraction of sp³-hybridized carbons (Fsp3) is 0.385. The van der Waals surface area contributed by atoms with Crippen molar-refractivity contribution in [2.75, 3.05) is 19.3 Å². The zero-order chi connectivity index (χ0) is 15.8. The van der Waals surface area contributed by atoms with Crippen LogP contribution in [0.4, 0.5) is 4.39 Å². The number of nitrogens with zero attached hydrogens (tertiary/aromatic N) is 1. The number of rotatable bonds is 4. The zero-order valence-electron chi connectivity index (χ0n) is 11.5. The van der Waals surface area contributed by atoms with E-state index in [2.05, 4.69) is 5.73 Å². The van der Waals surface area contributed by atoms with Gasteiger partial charge in [0.1, 0.15) is 5.82 Å². The van der Waals surface area contributed by atoms with Crippen LogP contribution in [0.5, 0.6) is 0 Å². The summed E-state index contributed by atoms with van der Waals surface area (Å²) in [6.07, 6.45) is 0.924. The lowest BCUT2D eigenvalue weighted by molar-refractivity contribution is -0.368. The molecule has 3 N–H and O–H groups in total. The summed E-state index contributed by atoms with van der Waals surface area (Å²) in [4.78, 5) is 25.2. The van der Waals surface area contributed by atoms with Gasteiger partial charge in [-0.15, -0.1) is 0 Å². The summed E-state index contributed by atoms with van der Waals surface area (Å²) in [5.41, 5.74) is 4.04. The van der Waals surface area contributed by atoms with Crippen LogP contribution in [0.2, 0.25) is 0 Å². The SMILES string of the molecule is CS(=O)(=O)[C@@H]1C(=O)C(=O)N(CC[NH3+])[C@H]1c1ccc(F)cc1. The number of sulfone groups is 1. The molecule has 1 saturated heterocycles. The number of benzene rings is 1. The van der Waals surface area contributed by atoms with Crippen molar-refractivity contribution >= 4 is 21.5 Å². The minimum absolute atomic E-state index is 0.165. The van der Waals surface area contributed by atoms with Crippen LogP contribution in [0.1, 0.15) is 11.6 Å². The Hall–Kier alpha value is -1.80. The smallest absolute Gasteiger partial charge is 0.292 e. The van der Waals surface area contributed by atoms with Crippen molar-refractivity contribution in [1.29, 1.82) is 0 Å². The lowest BCUT2D eigenvalue weighted by atomic mass is 10.0. The first-order valence-corrected chi connectivity index (χ1v) is 8.31. The highest BCUT2D eigenvalue weighted by molar-refractivity contribution is 7.92. The predicted molar refractivity (Wildman–Crippen MR) is 72.2 cm³/mol. The molecule has 0 bridgehead atoms. The van der Waals surface area contributed by atoms with Crippen molar-refractivity contribution in [2.45, 2.75) is 11.3 Å². The van der Waals surface area contributed by atoms with E-state index in [1.54, 1.807) is 0 Å². The van der Waals surface area contributed by atoms with Gasteiger partial charge in [0.25, 0.3) is 5.91 Å². The second-order valence-electron chi connectivity index (χ2n) is 4.96. The lowest BCUT2D eigenvalue weighted by Gasteiger charge is -2.25. The van der Waals surface area contributed by atoms with Gasteiger partial charge in [0.15, 0.2) is 15.1 Å². The molecule has 0 aromatic heterocycles. The highest BCUT2D eigenvalue weighted by atomic mass is 32.2. The monoisotopic (exact) mass is 315 g/mol. The normalized spacial score (nSPS) is 22.9. The molecular formula is C13H16FN2O4S+. The zero-order valence-corrected chi connectivity index (χ0v) is 12.3. The van der Waals surface area contributed by atoms with E-state index in [1.807, 2.05) is 0 Å². The van der Waals surface area contributed by atoms with E-state index < -0.39 is 38.6 Å². The number of Topliss-reactive ketones (excluding diaryl/α,β-unsaturated/α-hetero) is 1. The first kappa shape index (κ1) is 15.6. The molecule has 1 aromatic carbocycles. The van der Waals surface area contributed by atoms with E-state index in [4.69, 9.17) is 0 Å². The minimum Gasteiger partial charge on any atom is -0.356 e. The maximum absolute atomic E-state index is 13.0. The maximum Gasteiger partial charge on any atom is 0.292 e. The number of hydrogen-bond donors (Lipinski definition) is 1. The third kappa shape index (κ3) is 2.81. The van der Waals surface area contributed by atoms with E-state index in [1.165, 1.54) is 29.2 Å². The maximum atomic E-state index is 13.0. The molecule has 0 radical (unpaired) electrons. The summed E-state index contributed by atoms with van der Waals surface area (Å²) in [5.74, 6) is -2.25. The number of hydrogen-bond acceptors (Lipinski definition) is 4. The molecule has 1 fully saturated rings. The Labute approximate surface area is 121 Å². The molecule has 1 amide bonds. The van der Waals surface area contributed by atoms with Gasteiger partial charge in [-0.1, -0.05) is 12.1 Å². The van der Waals surface area contributed by atoms with Crippen molar-refractivity contribution < 1.29 is 28.1 Å². The average Bonchev–Trinajstić information content (AvgIpc) is 2.65. The predicted octanol–water partition coefficient (Wildman–Crippen LogP) is -1.07. The molecule has 8 heteroatoms. The number of quaternary nitrogens is 1. The number of ketones is 1. The largest absolute Gasteiger partial charge is 0.356 e.